The number of thiazole rings is 1. The van der Waals surface area contributed by atoms with Crippen molar-refractivity contribution in [3.63, 3.8) is 0 Å². The molecule has 30 heavy (non-hydrogen) atoms. The van der Waals surface area contributed by atoms with E-state index in [1.807, 2.05) is 24.3 Å². The molecule has 8 nitrogen and oxygen atoms in total. The quantitative estimate of drug-likeness (QED) is 0.190. The van der Waals surface area contributed by atoms with Crippen molar-refractivity contribution in [2.45, 2.75) is 28.9 Å². The molecule has 2 heterocycles. The van der Waals surface area contributed by atoms with Crippen LogP contribution < -0.4 is 0 Å². The highest BCUT2D eigenvalue weighted by Gasteiger charge is 2.39. The molecule has 0 spiro atoms. The fraction of sp³-hybridized carbons (Fsp3) is 0.150. The number of carbonyl (C=O) groups is 2. The highest BCUT2D eigenvalue weighted by molar-refractivity contribution is 8.01. The van der Waals surface area contributed by atoms with Gasteiger partial charge in [0, 0.05) is 30.9 Å². The largest absolute Gasteiger partial charge is 0.419 e. The Morgan fingerprint density at radius 3 is 2.50 bits per heavy atom. The van der Waals surface area contributed by atoms with Gasteiger partial charge in [0.05, 0.1) is 15.1 Å². The van der Waals surface area contributed by atoms with Crippen LogP contribution in [-0.2, 0) is 19.1 Å². The van der Waals surface area contributed by atoms with Gasteiger partial charge in [-0.15, -0.1) is 11.3 Å². The molecule has 0 aliphatic carbocycles. The number of rotatable bonds is 4. The Morgan fingerprint density at radius 2 is 1.83 bits per heavy atom. The number of carbonyl (C=O) groups excluding carboxylic acids is 2. The van der Waals surface area contributed by atoms with Crippen molar-refractivity contribution >= 4 is 57.0 Å². The van der Waals surface area contributed by atoms with Gasteiger partial charge < -0.3 is 9.47 Å². The minimum absolute atomic E-state index is 0.173. The Balaban J connectivity index is 1.75. The van der Waals surface area contributed by atoms with Crippen molar-refractivity contribution in [2.75, 3.05) is 0 Å². The number of fused-ring (bicyclic) bond motifs is 1. The Kier molecular flexibility index (Phi) is 5.04. The van der Waals surface area contributed by atoms with Crippen LogP contribution in [0.3, 0.4) is 0 Å². The SMILES string of the molecule is CC1(C)OC(=O)C(=Cc2cc([N+](=O)[O-])ccc2Sc2nc3ccccc3s2)C(=O)O1. The molecule has 0 radical (unpaired) electrons. The highest BCUT2D eigenvalue weighted by Crippen LogP contribution is 2.38. The molecular weight excluding hydrogens is 428 g/mol. The predicted octanol–water partition coefficient (Wildman–Crippen LogP) is 4.58. The number of hydrogen-bond acceptors (Lipinski definition) is 9. The molecule has 1 aliphatic rings. The molecule has 1 fully saturated rings. The van der Waals surface area contributed by atoms with E-state index in [4.69, 9.17) is 9.47 Å². The number of para-hydroxylation sites is 1. The maximum atomic E-state index is 12.3. The number of hydrogen-bond donors (Lipinski definition) is 0. The minimum Gasteiger partial charge on any atom is -0.419 e. The maximum absolute atomic E-state index is 12.3. The van der Waals surface area contributed by atoms with Crippen LogP contribution >= 0.6 is 23.1 Å². The number of esters is 2. The molecule has 3 aromatic rings. The Morgan fingerprint density at radius 1 is 1.13 bits per heavy atom. The van der Waals surface area contributed by atoms with Crippen molar-refractivity contribution in [3.8, 4) is 0 Å². The average Bonchev–Trinajstić information content (AvgIpc) is 3.07. The first-order chi connectivity index (χ1) is 14.2. The summed E-state index contributed by atoms with van der Waals surface area (Å²) in [6.07, 6.45) is 1.25. The van der Waals surface area contributed by atoms with E-state index in [1.165, 1.54) is 55.2 Å². The van der Waals surface area contributed by atoms with E-state index < -0.39 is 22.6 Å². The zero-order valence-corrected chi connectivity index (χ0v) is 17.4. The third-order valence-corrected chi connectivity index (χ3v) is 6.28. The van der Waals surface area contributed by atoms with Crippen LogP contribution in [-0.4, -0.2) is 27.6 Å². The molecule has 0 amide bonds. The van der Waals surface area contributed by atoms with Gasteiger partial charge in [0.1, 0.15) is 5.57 Å². The van der Waals surface area contributed by atoms with Crippen molar-refractivity contribution in [1.29, 1.82) is 0 Å². The van der Waals surface area contributed by atoms with Gasteiger partial charge in [-0.05, 0) is 29.8 Å². The smallest absolute Gasteiger partial charge is 0.348 e. The van der Waals surface area contributed by atoms with Crippen molar-refractivity contribution in [1.82, 2.24) is 4.98 Å². The summed E-state index contributed by atoms with van der Waals surface area (Å²) in [5.74, 6) is -3.07. The first kappa shape index (κ1) is 20.0. The van der Waals surface area contributed by atoms with Crippen molar-refractivity contribution in [3.05, 3.63) is 63.7 Å². The summed E-state index contributed by atoms with van der Waals surface area (Å²) in [7, 11) is 0. The number of aromatic nitrogens is 1. The third-order valence-electron chi connectivity index (χ3n) is 4.09. The normalized spacial score (nSPS) is 15.6. The average molecular weight is 442 g/mol. The van der Waals surface area contributed by atoms with Gasteiger partial charge in [0.2, 0.25) is 0 Å². The number of benzene rings is 2. The van der Waals surface area contributed by atoms with Gasteiger partial charge in [-0.3, -0.25) is 10.1 Å². The van der Waals surface area contributed by atoms with Gasteiger partial charge in [-0.2, -0.15) is 0 Å². The zero-order chi connectivity index (χ0) is 21.5. The van der Waals surface area contributed by atoms with Crippen LogP contribution in [0.5, 0.6) is 0 Å². The molecule has 1 aromatic heterocycles. The first-order valence-corrected chi connectivity index (χ1v) is 10.4. The van der Waals surface area contributed by atoms with Crippen LogP contribution in [0.4, 0.5) is 5.69 Å². The molecule has 1 aliphatic heterocycles. The lowest BCUT2D eigenvalue weighted by Gasteiger charge is -2.29. The minimum atomic E-state index is -1.37. The van der Waals surface area contributed by atoms with E-state index in [0.717, 1.165) is 14.6 Å². The molecule has 1 saturated heterocycles. The summed E-state index contributed by atoms with van der Waals surface area (Å²) in [5.41, 5.74) is 0.653. The standard InChI is InChI=1S/C20H14N2O6S2/c1-20(2)27-17(23)13(18(24)28-20)10-11-9-12(22(25)26)7-8-15(11)29-19-21-14-5-3-4-6-16(14)30-19/h3-10H,1-2H3. The number of nitro groups is 1. The maximum Gasteiger partial charge on any atom is 0.348 e. The van der Waals surface area contributed by atoms with Gasteiger partial charge in [0.15, 0.2) is 4.34 Å². The van der Waals surface area contributed by atoms with Gasteiger partial charge >= 0.3 is 11.9 Å². The van der Waals surface area contributed by atoms with E-state index in [0.29, 0.717) is 10.5 Å². The van der Waals surface area contributed by atoms with Crippen LogP contribution in [0, 0.1) is 10.1 Å². The number of ether oxygens (including phenoxy) is 2. The van der Waals surface area contributed by atoms with Crippen LogP contribution in [0.1, 0.15) is 19.4 Å². The van der Waals surface area contributed by atoms with E-state index >= 15 is 0 Å². The lowest BCUT2D eigenvalue weighted by molar-refractivity contribution is -0.384. The van der Waals surface area contributed by atoms with Crippen molar-refractivity contribution in [2.24, 2.45) is 0 Å². The molecule has 0 N–H and O–H groups in total. The lowest BCUT2D eigenvalue weighted by Crippen LogP contribution is -2.41. The second-order valence-electron chi connectivity index (χ2n) is 6.77. The molecule has 0 saturated carbocycles. The fourth-order valence-corrected chi connectivity index (χ4v) is 4.88. The second kappa shape index (κ2) is 7.54. The monoisotopic (exact) mass is 442 g/mol. The number of nitrogens with zero attached hydrogens (tertiary/aromatic N) is 2. The highest BCUT2D eigenvalue weighted by atomic mass is 32.2. The van der Waals surface area contributed by atoms with Crippen LogP contribution in [0.15, 0.2) is 57.3 Å². The Bertz CT molecular complexity index is 1180. The molecule has 0 atom stereocenters. The lowest BCUT2D eigenvalue weighted by atomic mass is 10.1. The van der Waals surface area contributed by atoms with E-state index in [9.17, 15) is 19.7 Å². The number of nitro benzene ring substituents is 1. The summed E-state index contributed by atoms with van der Waals surface area (Å²) < 4.78 is 11.9. The molecule has 2 aromatic carbocycles. The number of cyclic esters (lactones) is 2. The van der Waals surface area contributed by atoms with E-state index in [-0.39, 0.29) is 11.3 Å². The van der Waals surface area contributed by atoms with E-state index in [1.54, 1.807) is 6.07 Å². The molecule has 152 valence electrons. The first-order valence-electron chi connectivity index (χ1n) is 8.72. The topological polar surface area (TPSA) is 109 Å². The summed E-state index contributed by atoms with van der Waals surface area (Å²) in [5, 5.41) is 11.2. The molecule has 10 heteroatoms. The van der Waals surface area contributed by atoms with E-state index in [2.05, 4.69) is 4.98 Å². The molecule has 4 rings (SSSR count). The Hall–Kier alpha value is -3.24. The Labute approximate surface area is 178 Å². The van der Waals surface area contributed by atoms with Gasteiger partial charge in [-0.25, -0.2) is 14.6 Å². The predicted molar refractivity (Wildman–Crippen MR) is 111 cm³/mol. The van der Waals surface area contributed by atoms with Crippen LogP contribution in [0.2, 0.25) is 0 Å². The summed E-state index contributed by atoms with van der Waals surface area (Å²) in [6.45, 7) is 2.89. The third kappa shape index (κ3) is 4.05. The van der Waals surface area contributed by atoms with Crippen molar-refractivity contribution < 1.29 is 24.0 Å². The molecule has 0 bridgehead atoms. The zero-order valence-electron chi connectivity index (χ0n) is 15.8. The molecule has 0 unspecified atom stereocenters. The second-order valence-corrected chi connectivity index (χ2v) is 9.09. The van der Waals surface area contributed by atoms with Crippen LogP contribution in [0.25, 0.3) is 16.3 Å². The van der Waals surface area contributed by atoms with Gasteiger partial charge in [-0.1, -0.05) is 23.9 Å². The van der Waals surface area contributed by atoms with Gasteiger partial charge in [0.25, 0.3) is 11.5 Å². The fourth-order valence-electron chi connectivity index (χ4n) is 2.78. The number of non-ortho nitro benzene ring substituents is 1. The summed E-state index contributed by atoms with van der Waals surface area (Å²) in [4.78, 5) is 40.4. The molecular formula is C20H14N2O6S2. The summed E-state index contributed by atoms with van der Waals surface area (Å²) in [6, 6.07) is 11.9. The summed E-state index contributed by atoms with van der Waals surface area (Å²) >= 11 is 2.76.